The van der Waals surface area contributed by atoms with Crippen LogP contribution < -0.4 is 10.6 Å². The van der Waals surface area contributed by atoms with E-state index in [1.165, 1.54) is 32.1 Å². The van der Waals surface area contributed by atoms with Crippen LogP contribution in [-0.2, 0) is 11.3 Å². The first-order valence-electron chi connectivity index (χ1n) is 9.09. The van der Waals surface area contributed by atoms with E-state index in [1.54, 1.807) is 0 Å². The fourth-order valence-electron chi connectivity index (χ4n) is 3.56. The smallest absolute Gasteiger partial charge is 0.156 e. The van der Waals surface area contributed by atoms with Crippen LogP contribution in [0.1, 0.15) is 37.7 Å². The summed E-state index contributed by atoms with van der Waals surface area (Å²) in [6, 6.07) is 4.49. The molecule has 0 aromatic heterocycles. The molecule has 0 bridgehead atoms. The first kappa shape index (κ1) is 20.5. The number of aliphatic hydroxyl groups excluding tert-OH is 3. The van der Waals surface area contributed by atoms with Gasteiger partial charge in [-0.25, -0.2) is 0 Å². The number of rotatable bonds is 5. The number of nitrogens with one attached hydrogen (secondary N) is 2. The second kappa shape index (κ2) is 9.32. The molecule has 146 valence electrons. The Balaban J connectivity index is 1.73. The normalized spacial score (nSPS) is 30.3. The maximum Gasteiger partial charge on any atom is 0.156 e. The Hall–Kier alpha value is -0.220. The van der Waals surface area contributed by atoms with E-state index >= 15 is 0 Å². The third-order valence-corrected chi connectivity index (χ3v) is 6.19. The standard InChI is InChI=1S/C18H26Br2N2O4/c19-11-6-10(8-21-12-4-2-1-3-5-12)15(13(20)7-11)22-18-17(25)16(24)14(23)9-26-18/h6-7,12,14,16-18,21-25H,1-5,8-9H2. The topological polar surface area (TPSA) is 94.0 Å². The monoisotopic (exact) mass is 492 g/mol. The summed E-state index contributed by atoms with van der Waals surface area (Å²) in [6.07, 6.45) is 1.94. The maximum atomic E-state index is 10.2. The van der Waals surface area contributed by atoms with Crippen LogP contribution in [0, 0.1) is 0 Å². The van der Waals surface area contributed by atoms with Gasteiger partial charge in [-0.05, 0) is 46.5 Å². The van der Waals surface area contributed by atoms with Crippen molar-refractivity contribution >= 4 is 37.5 Å². The first-order valence-corrected chi connectivity index (χ1v) is 10.7. The average molecular weight is 494 g/mol. The molecule has 26 heavy (non-hydrogen) atoms. The lowest BCUT2D eigenvalue weighted by atomic mass is 9.95. The van der Waals surface area contributed by atoms with Gasteiger partial charge in [-0.2, -0.15) is 0 Å². The highest BCUT2D eigenvalue weighted by Crippen LogP contribution is 2.33. The lowest BCUT2D eigenvalue weighted by Gasteiger charge is -2.36. The van der Waals surface area contributed by atoms with Crippen molar-refractivity contribution in [1.82, 2.24) is 5.32 Å². The van der Waals surface area contributed by atoms with Crippen molar-refractivity contribution in [3.8, 4) is 0 Å². The summed E-state index contributed by atoms with van der Waals surface area (Å²) in [7, 11) is 0. The molecule has 8 heteroatoms. The van der Waals surface area contributed by atoms with Gasteiger partial charge < -0.3 is 30.7 Å². The van der Waals surface area contributed by atoms with Crippen molar-refractivity contribution in [2.24, 2.45) is 0 Å². The van der Waals surface area contributed by atoms with Crippen LogP contribution in [0.5, 0.6) is 0 Å². The molecule has 0 radical (unpaired) electrons. The molecular formula is C18H26Br2N2O4. The molecule has 1 saturated heterocycles. The van der Waals surface area contributed by atoms with E-state index in [1.807, 2.05) is 12.1 Å². The molecule has 2 aliphatic rings. The Kier molecular flexibility index (Phi) is 7.35. The molecule has 6 nitrogen and oxygen atoms in total. The molecule has 1 heterocycles. The van der Waals surface area contributed by atoms with Gasteiger partial charge in [-0.1, -0.05) is 35.2 Å². The van der Waals surface area contributed by atoms with Gasteiger partial charge in [0.05, 0.1) is 12.3 Å². The van der Waals surface area contributed by atoms with Gasteiger partial charge in [0.1, 0.15) is 18.3 Å². The molecule has 4 atom stereocenters. The number of anilines is 1. The highest BCUT2D eigenvalue weighted by molar-refractivity contribution is 9.11. The number of aliphatic hydroxyl groups is 3. The van der Waals surface area contributed by atoms with Crippen molar-refractivity contribution in [2.75, 3.05) is 11.9 Å². The summed E-state index contributed by atoms with van der Waals surface area (Å²) >= 11 is 7.10. The van der Waals surface area contributed by atoms with Gasteiger partial charge in [0.25, 0.3) is 0 Å². The lowest BCUT2D eigenvalue weighted by Crippen LogP contribution is -2.55. The number of ether oxygens (including phenoxy) is 1. The van der Waals surface area contributed by atoms with Crippen LogP contribution in [0.15, 0.2) is 21.1 Å². The molecule has 1 aromatic rings. The third-order valence-electron chi connectivity index (χ3n) is 5.11. The minimum Gasteiger partial charge on any atom is -0.388 e. The molecule has 5 N–H and O–H groups in total. The zero-order chi connectivity index (χ0) is 18.7. The molecule has 0 amide bonds. The Morgan fingerprint density at radius 1 is 1.04 bits per heavy atom. The van der Waals surface area contributed by atoms with Crippen molar-refractivity contribution < 1.29 is 20.1 Å². The highest BCUT2D eigenvalue weighted by Gasteiger charge is 2.38. The van der Waals surface area contributed by atoms with Crippen LogP contribution in [0.3, 0.4) is 0 Å². The zero-order valence-electron chi connectivity index (χ0n) is 14.5. The second-order valence-corrected chi connectivity index (χ2v) is 8.85. The Morgan fingerprint density at radius 3 is 2.50 bits per heavy atom. The Labute approximate surface area is 170 Å². The van der Waals surface area contributed by atoms with Crippen molar-refractivity contribution in [3.05, 3.63) is 26.6 Å². The molecular weight excluding hydrogens is 468 g/mol. The summed E-state index contributed by atoms with van der Waals surface area (Å²) in [5.74, 6) is 0. The number of hydrogen-bond donors (Lipinski definition) is 5. The van der Waals surface area contributed by atoms with Gasteiger partial charge in [0.2, 0.25) is 0 Å². The van der Waals surface area contributed by atoms with Gasteiger partial charge in [0, 0.05) is 21.5 Å². The van der Waals surface area contributed by atoms with E-state index < -0.39 is 24.5 Å². The third kappa shape index (κ3) is 4.98. The average Bonchev–Trinajstić information content (AvgIpc) is 2.63. The summed E-state index contributed by atoms with van der Waals surface area (Å²) < 4.78 is 7.28. The lowest BCUT2D eigenvalue weighted by molar-refractivity contribution is -0.178. The van der Waals surface area contributed by atoms with Crippen LogP contribution in [0.4, 0.5) is 5.69 Å². The van der Waals surface area contributed by atoms with E-state index in [2.05, 4.69) is 42.5 Å². The van der Waals surface area contributed by atoms with Crippen LogP contribution >= 0.6 is 31.9 Å². The van der Waals surface area contributed by atoms with E-state index in [4.69, 9.17) is 4.74 Å². The van der Waals surface area contributed by atoms with E-state index in [-0.39, 0.29) is 6.61 Å². The van der Waals surface area contributed by atoms with Crippen molar-refractivity contribution in [3.63, 3.8) is 0 Å². The predicted molar refractivity (Wildman–Crippen MR) is 107 cm³/mol. The molecule has 1 aliphatic heterocycles. The maximum absolute atomic E-state index is 10.2. The van der Waals surface area contributed by atoms with Crippen LogP contribution in [0.2, 0.25) is 0 Å². The SMILES string of the molecule is OC1COC(Nc2c(Br)cc(Br)cc2CNC2CCCCC2)C(O)C1O. The predicted octanol–water partition coefficient (Wildman–Crippen LogP) is 2.48. The Bertz CT molecular complexity index is 613. The summed E-state index contributed by atoms with van der Waals surface area (Å²) in [6.45, 7) is 0.665. The number of halogens is 2. The van der Waals surface area contributed by atoms with E-state index in [9.17, 15) is 15.3 Å². The summed E-state index contributed by atoms with van der Waals surface area (Å²) in [4.78, 5) is 0. The molecule has 1 aliphatic carbocycles. The van der Waals surface area contributed by atoms with Crippen molar-refractivity contribution in [2.45, 2.75) is 69.2 Å². The number of hydrogen-bond acceptors (Lipinski definition) is 6. The molecule has 4 unspecified atom stereocenters. The first-order chi connectivity index (χ1) is 12.5. The number of benzene rings is 1. The molecule has 1 aromatic carbocycles. The van der Waals surface area contributed by atoms with Gasteiger partial charge >= 0.3 is 0 Å². The minimum absolute atomic E-state index is 0.0281. The zero-order valence-corrected chi connectivity index (χ0v) is 17.7. The second-order valence-electron chi connectivity index (χ2n) is 7.08. The fraction of sp³-hybridized carbons (Fsp3) is 0.667. The van der Waals surface area contributed by atoms with Gasteiger partial charge in [0.15, 0.2) is 6.23 Å². The largest absolute Gasteiger partial charge is 0.388 e. The quantitative estimate of drug-likeness (QED) is 0.432. The fourth-order valence-corrected chi connectivity index (χ4v) is 4.99. The minimum atomic E-state index is -1.24. The Morgan fingerprint density at radius 2 is 1.77 bits per heavy atom. The molecule has 1 saturated carbocycles. The molecule has 0 spiro atoms. The van der Waals surface area contributed by atoms with E-state index in [0.717, 1.165) is 20.2 Å². The highest BCUT2D eigenvalue weighted by atomic mass is 79.9. The van der Waals surface area contributed by atoms with Gasteiger partial charge in [-0.3, -0.25) is 0 Å². The van der Waals surface area contributed by atoms with Gasteiger partial charge in [-0.15, -0.1) is 0 Å². The van der Waals surface area contributed by atoms with Crippen molar-refractivity contribution in [1.29, 1.82) is 0 Å². The van der Waals surface area contributed by atoms with E-state index in [0.29, 0.717) is 12.6 Å². The summed E-state index contributed by atoms with van der Waals surface area (Å²) in [5.41, 5.74) is 1.84. The van der Waals surface area contributed by atoms with Crippen LogP contribution in [0.25, 0.3) is 0 Å². The molecule has 2 fully saturated rings. The molecule has 3 rings (SSSR count). The van der Waals surface area contributed by atoms with Crippen LogP contribution in [-0.4, -0.2) is 52.5 Å². The summed E-state index contributed by atoms with van der Waals surface area (Å²) in [5, 5.41) is 36.5.